The van der Waals surface area contributed by atoms with Gasteiger partial charge in [0.15, 0.2) is 6.29 Å². The fourth-order valence-corrected chi connectivity index (χ4v) is 4.88. The Bertz CT molecular complexity index is 1140. The van der Waals surface area contributed by atoms with Crippen molar-refractivity contribution in [2.24, 2.45) is 0 Å². The predicted molar refractivity (Wildman–Crippen MR) is 135 cm³/mol. The molecule has 0 saturated carbocycles. The van der Waals surface area contributed by atoms with Gasteiger partial charge in [0.05, 0.1) is 24.4 Å². The number of hydrogen-bond acceptors (Lipinski definition) is 10. The van der Waals surface area contributed by atoms with E-state index in [0.717, 1.165) is 0 Å². The fourth-order valence-electron chi connectivity index (χ4n) is 4.88. The number of carbonyl (C=O) groups excluding carboxylic acids is 1. The van der Waals surface area contributed by atoms with E-state index in [2.05, 4.69) is 10.3 Å². The van der Waals surface area contributed by atoms with E-state index < -0.39 is 48.5 Å². The second kappa shape index (κ2) is 11.3. The van der Waals surface area contributed by atoms with Crippen LogP contribution in [0.15, 0.2) is 41.3 Å². The summed E-state index contributed by atoms with van der Waals surface area (Å²) in [5.74, 6) is -0.282. The minimum atomic E-state index is -1.21. The Morgan fingerprint density at radius 2 is 1.81 bits per heavy atom. The number of benzene rings is 1. The average Bonchev–Trinajstić information content (AvgIpc) is 2.84. The lowest BCUT2D eigenvalue weighted by Gasteiger charge is -2.46. The number of amides is 1. The number of nitrogens with one attached hydrogen (secondary N) is 1. The number of anilines is 2. The van der Waals surface area contributed by atoms with Crippen LogP contribution >= 0.6 is 0 Å². The van der Waals surface area contributed by atoms with E-state index in [1.54, 1.807) is 24.3 Å². The Kier molecular flexibility index (Phi) is 8.26. The molecule has 8 atom stereocenters. The van der Waals surface area contributed by atoms with Crippen LogP contribution in [0.3, 0.4) is 0 Å². The molecule has 1 amide bonds. The van der Waals surface area contributed by atoms with Gasteiger partial charge in [0, 0.05) is 17.4 Å². The Morgan fingerprint density at radius 3 is 2.43 bits per heavy atom. The summed E-state index contributed by atoms with van der Waals surface area (Å²) in [5.41, 5.74) is 6.01. The molecule has 8 unspecified atom stereocenters. The van der Waals surface area contributed by atoms with Crippen LogP contribution in [0.5, 0.6) is 0 Å². The van der Waals surface area contributed by atoms with E-state index in [1.165, 1.54) is 16.8 Å². The highest BCUT2D eigenvalue weighted by Crippen LogP contribution is 2.32. The van der Waals surface area contributed by atoms with Crippen molar-refractivity contribution in [3.63, 3.8) is 0 Å². The predicted octanol–water partition coefficient (Wildman–Crippen LogP) is 0.557. The van der Waals surface area contributed by atoms with Crippen LogP contribution in [-0.2, 0) is 14.2 Å². The zero-order chi connectivity index (χ0) is 26.9. The largest absolute Gasteiger partial charge is 0.399 e. The topological polar surface area (TPSA) is 161 Å². The first-order valence-corrected chi connectivity index (χ1v) is 12.3. The molecule has 2 aliphatic rings. The first-order valence-electron chi connectivity index (χ1n) is 12.3. The van der Waals surface area contributed by atoms with Gasteiger partial charge >= 0.3 is 5.69 Å². The van der Waals surface area contributed by atoms with Crippen molar-refractivity contribution in [3.05, 3.63) is 52.6 Å². The van der Waals surface area contributed by atoms with Gasteiger partial charge in [-0.15, -0.1) is 0 Å². The summed E-state index contributed by atoms with van der Waals surface area (Å²) in [5, 5.41) is 23.7. The maximum atomic E-state index is 12.7. The smallest absolute Gasteiger partial charge is 0.351 e. The SMILES string of the molecule is CC1OC(n2ccc(NC(=O)c3ccc(N)cc3)nc2=O)CCC1OC1OC(C)C(N(C)C)C(O)C1O. The molecule has 0 aliphatic carbocycles. The van der Waals surface area contributed by atoms with E-state index in [4.69, 9.17) is 19.9 Å². The molecule has 0 bridgehead atoms. The maximum Gasteiger partial charge on any atom is 0.351 e. The molecule has 2 aliphatic heterocycles. The van der Waals surface area contributed by atoms with E-state index in [0.29, 0.717) is 24.1 Å². The van der Waals surface area contributed by atoms with Gasteiger partial charge < -0.3 is 40.4 Å². The van der Waals surface area contributed by atoms with Crippen molar-refractivity contribution < 1.29 is 29.2 Å². The number of likely N-dealkylation sites (N-methyl/N-ethyl adjacent to an activating group) is 1. The number of aliphatic hydroxyl groups excluding tert-OH is 2. The quantitative estimate of drug-likeness (QED) is 0.398. The minimum absolute atomic E-state index is 0.125. The summed E-state index contributed by atoms with van der Waals surface area (Å²) < 4.78 is 19.3. The van der Waals surface area contributed by atoms with Crippen LogP contribution < -0.4 is 16.7 Å². The number of aromatic nitrogens is 2. The van der Waals surface area contributed by atoms with Gasteiger partial charge in [0.25, 0.3) is 5.91 Å². The van der Waals surface area contributed by atoms with Crippen molar-refractivity contribution in [2.45, 2.75) is 75.8 Å². The van der Waals surface area contributed by atoms with Gasteiger partial charge in [-0.25, -0.2) is 4.79 Å². The van der Waals surface area contributed by atoms with E-state index in [-0.39, 0.29) is 18.0 Å². The third-order valence-corrected chi connectivity index (χ3v) is 6.86. The molecule has 202 valence electrons. The second-order valence-electron chi connectivity index (χ2n) is 9.77. The summed E-state index contributed by atoms with van der Waals surface area (Å²) in [4.78, 5) is 30.9. The van der Waals surface area contributed by atoms with Crippen LogP contribution in [0.4, 0.5) is 11.5 Å². The highest BCUT2D eigenvalue weighted by atomic mass is 16.7. The molecule has 12 nitrogen and oxygen atoms in total. The van der Waals surface area contributed by atoms with Crippen molar-refractivity contribution in [1.82, 2.24) is 14.5 Å². The number of hydrogen-bond donors (Lipinski definition) is 4. The van der Waals surface area contributed by atoms with Gasteiger partial charge in [-0.05, 0) is 71.1 Å². The second-order valence-corrected chi connectivity index (χ2v) is 9.77. The van der Waals surface area contributed by atoms with Gasteiger partial charge in [-0.3, -0.25) is 9.36 Å². The summed E-state index contributed by atoms with van der Waals surface area (Å²) in [6.45, 7) is 3.64. The highest BCUT2D eigenvalue weighted by molar-refractivity contribution is 6.03. The van der Waals surface area contributed by atoms with Crippen LogP contribution in [0.1, 0.15) is 43.3 Å². The normalized spacial score (nSPS) is 32.3. The summed E-state index contributed by atoms with van der Waals surface area (Å²) in [6.07, 6.45) is -2.49. The third kappa shape index (κ3) is 6.00. The number of rotatable bonds is 6. The Hall–Kier alpha value is -2.87. The Balaban J connectivity index is 1.36. The molecule has 1 aromatic heterocycles. The molecule has 0 radical (unpaired) electrons. The van der Waals surface area contributed by atoms with Crippen molar-refractivity contribution in [3.8, 4) is 0 Å². The van der Waals surface area contributed by atoms with Gasteiger partial charge in [-0.1, -0.05) is 0 Å². The zero-order valence-corrected chi connectivity index (χ0v) is 21.4. The van der Waals surface area contributed by atoms with Crippen LogP contribution in [0.25, 0.3) is 0 Å². The number of carbonyl (C=O) groups is 1. The van der Waals surface area contributed by atoms with E-state index >= 15 is 0 Å². The van der Waals surface area contributed by atoms with Crippen molar-refractivity contribution >= 4 is 17.4 Å². The molecule has 5 N–H and O–H groups in total. The molecule has 2 saturated heterocycles. The number of nitrogens with zero attached hydrogens (tertiary/aromatic N) is 3. The lowest BCUT2D eigenvalue weighted by atomic mass is 9.96. The average molecular weight is 518 g/mol. The molecule has 2 fully saturated rings. The summed E-state index contributed by atoms with van der Waals surface area (Å²) in [7, 11) is 3.63. The van der Waals surface area contributed by atoms with Gasteiger partial charge in [0.1, 0.15) is 24.3 Å². The molecule has 3 heterocycles. The molecule has 37 heavy (non-hydrogen) atoms. The summed E-state index contributed by atoms with van der Waals surface area (Å²) in [6, 6.07) is 7.57. The van der Waals surface area contributed by atoms with E-state index in [9.17, 15) is 19.8 Å². The first-order chi connectivity index (χ1) is 17.5. The molecule has 4 rings (SSSR count). The number of nitrogen functional groups attached to an aromatic ring is 1. The molecule has 12 heteroatoms. The number of aliphatic hydroxyl groups is 2. The Morgan fingerprint density at radius 1 is 1.11 bits per heavy atom. The zero-order valence-electron chi connectivity index (χ0n) is 21.4. The molecular weight excluding hydrogens is 482 g/mol. The first kappa shape index (κ1) is 27.2. The third-order valence-electron chi connectivity index (χ3n) is 6.86. The fraction of sp³-hybridized carbons (Fsp3) is 0.560. The van der Waals surface area contributed by atoms with Crippen molar-refractivity contribution in [1.29, 1.82) is 0 Å². The Labute approximate surface area is 215 Å². The van der Waals surface area contributed by atoms with E-state index in [1.807, 2.05) is 32.8 Å². The van der Waals surface area contributed by atoms with Gasteiger partial charge in [0.2, 0.25) is 0 Å². The number of ether oxygens (including phenoxy) is 3. The lowest BCUT2D eigenvalue weighted by molar-refractivity contribution is -0.310. The van der Waals surface area contributed by atoms with Crippen LogP contribution in [0, 0.1) is 0 Å². The minimum Gasteiger partial charge on any atom is -0.399 e. The van der Waals surface area contributed by atoms with Crippen LogP contribution in [-0.4, -0.2) is 87.5 Å². The molecule has 0 spiro atoms. The van der Waals surface area contributed by atoms with Crippen LogP contribution in [0.2, 0.25) is 0 Å². The lowest BCUT2D eigenvalue weighted by Crippen LogP contribution is -2.62. The molecule has 1 aromatic carbocycles. The van der Waals surface area contributed by atoms with Crippen molar-refractivity contribution in [2.75, 3.05) is 25.1 Å². The van der Waals surface area contributed by atoms with Gasteiger partial charge in [-0.2, -0.15) is 4.98 Å². The standard InChI is InChI=1S/C25H35N5O7/c1-13-17(37-24-22(32)21(31)20(29(3)4)14(2)36-24)9-10-19(35-13)30-12-11-18(28-25(30)34)27-23(33)15-5-7-16(26)8-6-15/h5-8,11-14,17,19-22,24,31-32H,9-10,26H2,1-4H3,(H,27,28,33,34). The summed E-state index contributed by atoms with van der Waals surface area (Å²) >= 11 is 0. The monoisotopic (exact) mass is 517 g/mol. The molecular formula is C25H35N5O7. The number of nitrogens with two attached hydrogens (primary N) is 1. The molecule has 2 aromatic rings. The maximum absolute atomic E-state index is 12.7. The highest BCUT2D eigenvalue weighted by Gasteiger charge is 2.46.